The molecule has 3 heteroatoms. The fourth-order valence-electron chi connectivity index (χ4n) is 4.09. The molecule has 0 N–H and O–H groups in total. The van der Waals surface area contributed by atoms with Gasteiger partial charge in [0.15, 0.2) is 0 Å². The van der Waals surface area contributed by atoms with Gasteiger partial charge in [0.1, 0.15) is 0 Å². The molecule has 3 aliphatic heterocycles. The van der Waals surface area contributed by atoms with Gasteiger partial charge < -0.3 is 4.90 Å². The molecule has 1 amide bonds. The number of carbonyl (C=O) groups is 1. The molecule has 0 spiro atoms. The summed E-state index contributed by atoms with van der Waals surface area (Å²) in [6.07, 6.45) is 2.18. The summed E-state index contributed by atoms with van der Waals surface area (Å²) in [5.74, 6) is 0.516. The van der Waals surface area contributed by atoms with Crippen molar-refractivity contribution < 1.29 is 4.79 Å². The molecule has 24 heavy (non-hydrogen) atoms. The molecule has 3 heterocycles. The van der Waals surface area contributed by atoms with E-state index in [2.05, 4.69) is 64.4 Å². The summed E-state index contributed by atoms with van der Waals surface area (Å²) in [6, 6.07) is 21.3. The molecule has 3 aliphatic rings. The molecule has 3 saturated heterocycles. The van der Waals surface area contributed by atoms with E-state index in [4.69, 9.17) is 0 Å². The molecule has 3 nitrogen and oxygen atoms in total. The monoisotopic (exact) mass is 320 g/mol. The molecule has 0 aromatic heterocycles. The SMILES string of the molecule is O=C1[C@H]2CC[C@H](CN(Cc3ccccc3)C2)N1Cc1ccccc1. The van der Waals surface area contributed by atoms with Gasteiger partial charge in [-0.25, -0.2) is 0 Å². The standard InChI is InChI=1S/C21H24N2O/c24-21-19-11-12-20(23(21)14-18-9-5-2-6-10-18)16-22(15-19)13-17-7-3-1-4-8-17/h1-10,19-20H,11-16H2/t19-,20+/m0/s1. The predicted molar refractivity (Wildman–Crippen MR) is 95.2 cm³/mol. The first-order valence-corrected chi connectivity index (χ1v) is 8.90. The number of nitrogens with zero attached hydrogens (tertiary/aromatic N) is 2. The van der Waals surface area contributed by atoms with E-state index in [0.717, 1.165) is 39.0 Å². The maximum Gasteiger partial charge on any atom is 0.227 e. The molecular formula is C21H24N2O. The van der Waals surface area contributed by atoms with Gasteiger partial charge in [0.2, 0.25) is 5.91 Å². The average Bonchev–Trinajstić information content (AvgIpc) is 2.89. The molecule has 3 fully saturated rings. The van der Waals surface area contributed by atoms with E-state index in [1.807, 2.05) is 6.07 Å². The largest absolute Gasteiger partial charge is 0.334 e. The van der Waals surface area contributed by atoms with E-state index in [9.17, 15) is 4.79 Å². The topological polar surface area (TPSA) is 23.6 Å². The minimum absolute atomic E-state index is 0.163. The third-order valence-electron chi connectivity index (χ3n) is 5.31. The van der Waals surface area contributed by atoms with Gasteiger partial charge in [0.05, 0.1) is 5.92 Å². The minimum Gasteiger partial charge on any atom is -0.334 e. The maximum absolute atomic E-state index is 12.9. The normalized spacial score (nSPS) is 24.2. The maximum atomic E-state index is 12.9. The van der Waals surface area contributed by atoms with E-state index in [0.29, 0.717) is 11.9 Å². The van der Waals surface area contributed by atoms with Gasteiger partial charge in [-0.2, -0.15) is 0 Å². The lowest BCUT2D eigenvalue weighted by Crippen LogP contribution is -2.47. The van der Waals surface area contributed by atoms with Crippen molar-refractivity contribution in [2.24, 2.45) is 5.92 Å². The molecule has 0 unspecified atom stereocenters. The van der Waals surface area contributed by atoms with Crippen molar-refractivity contribution >= 4 is 5.91 Å². The Hall–Kier alpha value is -2.13. The summed E-state index contributed by atoms with van der Waals surface area (Å²) in [6.45, 7) is 3.58. The van der Waals surface area contributed by atoms with Gasteiger partial charge in [-0.05, 0) is 24.0 Å². The summed E-state index contributed by atoms with van der Waals surface area (Å²) >= 11 is 0. The highest BCUT2D eigenvalue weighted by molar-refractivity contribution is 5.80. The highest BCUT2D eigenvalue weighted by atomic mass is 16.2. The molecular weight excluding hydrogens is 296 g/mol. The van der Waals surface area contributed by atoms with E-state index in [-0.39, 0.29) is 5.92 Å². The van der Waals surface area contributed by atoms with Crippen LogP contribution in [0, 0.1) is 5.92 Å². The summed E-state index contributed by atoms with van der Waals surface area (Å²) < 4.78 is 0. The summed E-state index contributed by atoms with van der Waals surface area (Å²) in [5, 5.41) is 0. The zero-order valence-electron chi connectivity index (χ0n) is 14.0. The molecule has 0 aliphatic carbocycles. The lowest BCUT2D eigenvalue weighted by atomic mass is 9.93. The van der Waals surface area contributed by atoms with Crippen molar-refractivity contribution in [3.05, 3.63) is 71.8 Å². The number of rotatable bonds is 4. The fraction of sp³-hybridized carbons (Fsp3) is 0.381. The minimum atomic E-state index is 0.163. The number of fused-ring (bicyclic) bond motifs is 4. The van der Waals surface area contributed by atoms with Crippen molar-refractivity contribution in [3.8, 4) is 0 Å². The van der Waals surface area contributed by atoms with Crippen molar-refractivity contribution in [3.63, 3.8) is 0 Å². The Morgan fingerprint density at radius 3 is 2.08 bits per heavy atom. The molecule has 2 aromatic carbocycles. The molecule has 2 bridgehead atoms. The number of piperidine rings is 1. The van der Waals surface area contributed by atoms with Crippen LogP contribution in [0.3, 0.4) is 0 Å². The zero-order chi connectivity index (χ0) is 16.4. The van der Waals surface area contributed by atoms with Crippen molar-refractivity contribution in [1.29, 1.82) is 0 Å². The van der Waals surface area contributed by atoms with Gasteiger partial charge in [0.25, 0.3) is 0 Å². The van der Waals surface area contributed by atoms with Crippen LogP contribution >= 0.6 is 0 Å². The van der Waals surface area contributed by atoms with Gasteiger partial charge in [-0.15, -0.1) is 0 Å². The average molecular weight is 320 g/mol. The Kier molecular flexibility index (Phi) is 4.35. The third kappa shape index (κ3) is 3.22. The van der Waals surface area contributed by atoms with Crippen LogP contribution in [0.15, 0.2) is 60.7 Å². The first-order valence-electron chi connectivity index (χ1n) is 8.90. The summed E-state index contributed by atoms with van der Waals surface area (Å²) in [4.78, 5) is 17.5. The predicted octanol–water partition coefficient (Wildman–Crippen LogP) is 3.31. The van der Waals surface area contributed by atoms with Crippen LogP contribution in [-0.2, 0) is 17.9 Å². The van der Waals surface area contributed by atoms with Crippen molar-refractivity contribution in [2.75, 3.05) is 13.1 Å². The molecule has 0 radical (unpaired) electrons. The number of hydrogen-bond donors (Lipinski definition) is 0. The third-order valence-corrected chi connectivity index (χ3v) is 5.31. The molecule has 2 atom stereocenters. The van der Waals surface area contributed by atoms with Gasteiger partial charge >= 0.3 is 0 Å². The van der Waals surface area contributed by atoms with E-state index in [1.54, 1.807) is 0 Å². The Morgan fingerprint density at radius 1 is 0.792 bits per heavy atom. The van der Waals surface area contributed by atoms with Crippen LogP contribution in [-0.4, -0.2) is 34.8 Å². The molecule has 2 aromatic rings. The molecule has 0 saturated carbocycles. The van der Waals surface area contributed by atoms with E-state index in [1.165, 1.54) is 11.1 Å². The first-order chi connectivity index (χ1) is 11.8. The number of hydrogen-bond acceptors (Lipinski definition) is 2. The number of benzene rings is 2. The summed E-state index contributed by atoms with van der Waals surface area (Å²) in [7, 11) is 0. The second kappa shape index (κ2) is 6.78. The highest BCUT2D eigenvalue weighted by Gasteiger charge is 2.40. The summed E-state index contributed by atoms with van der Waals surface area (Å²) in [5.41, 5.74) is 2.56. The van der Waals surface area contributed by atoms with Gasteiger partial charge in [0, 0.05) is 32.2 Å². The van der Waals surface area contributed by atoms with Crippen LogP contribution in [0.4, 0.5) is 0 Å². The molecule has 5 rings (SSSR count). The second-order valence-electron chi connectivity index (χ2n) is 7.06. The van der Waals surface area contributed by atoms with Gasteiger partial charge in [-0.3, -0.25) is 9.69 Å². The Labute approximate surface area is 143 Å². The quantitative estimate of drug-likeness (QED) is 0.863. The van der Waals surface area contributed by atoms with E-state index < -0.39 is 0 Å². The van der Waals surface area contributed by atoms with Gasteiger partial charge in [-0.1, -0.05) is 60.7 Å². The lowest BCUT2D eigenvalue weighted by molar-refractivity contribution is -0.140. The lowest BCUT2D eigenvalue weighted by Gasteiger charge is -2.36. The second-order valence-corrected chi connectivity index (χ2v) is 7.06. The first kappa shape index (κ1) is 15.4. The van der Waals surface area contributed by atoms with Crippen LogP contribution in [0.1, 0.15) is 24.0 Å². The Morgan fingerprint density at radius 2 is 1.42 bits per heavy atom. The van der Waals surface area contributed by atoms with Crippen LogP contribution in [0.2, 0.25) is 0 Å². The Bertz CT molecular complexity index is 685. The fourth-order valence-corrected chi connectivity index (χ4v) is 4.09. The Balaban J connectivity index is 1.50. The van der Waals surface area contributed by atoms with Crippen molar-refractivity contribution in [2.45, 2.75) is 32.0 Å². The van der Waals surface area contributed by atoms with Crippen molar-refractivity contribution in [1.82, 2.24) is 9.80 Å². The zero-order valence-corrected chi connectivity index (χ0v) is 14.0. The molecule has 124 valence electrons. The number of carbonyl (C=O) groups excluding carboxylic acids is 1. The van der Waals surface area contributed by atoms with E-state index >= 15 is 0 Å². The van der Waals surface area contributed by atoms with Crippen LogP contribution in [0.25, 0.3) is 0 Å². The highest BCUT2D eigenvalue weighted by Crippen LogP contribution is 2.31. The van der Waals surface area contributed by atoms with Crippen LogP contribution < -0.4 is 0 Å². The number of amides is 1. The smallest absolute Gasteiger partial charge is 0.227 e. The van der Waals surface area contributed by atoms with Crippen LogP contribution in [0.5, 0.6) is 0 Å².